The second-order valence-electron chi connectivity index (χ2n) is 6.60. The van der Waals surface area contributed by atoms with Gasteiger partial charge in [0.2, 0.25) is 0 Å². The molecule has 2 aromatic carbocycles. The van der Waals surface area contributed by atoms with Gasteiger partial charge >= 0.3 is 25.7 Å². The van der Waals surface area contributed by atoms with E-state index in [1.165, 1.54) is 0 Å². The van der Waals surface area contributed by atoms with Crippen LogP contribution in [0.5, 0.6) is 0 Å². The molecule has 0 heterocycles. The number of rotatable bonds is 7. The van der Waals surface area contributed by atoms with Crippen LogP contribution in [0.4, 0.5) is 0 Å². The highest BCUT2D eigenvalue weighted by Gasteiger charge is 2.48. The Kier molecular flexibility index (Phi) is 5.97. The molecule has 0 aromatic heterocycles. The van der Waals surface area contributed by atoms with Gasteiger partial charge in [0.05, 0.1) is 0 Å². The van der Waals surface area contributed by atoms with Gasteiger partial charge in [-0.3, -0.25) is 0 Å². The summed E-state index contributed by atoms with van der Waals surface area (Å²) in [5, 5.41) is 2.06. The fraction of sp³-hybridized carbons (Fsp3) is 0.294. The average Bonchev–Trinajstić information content (AvgIpc) is 2.52. The molecule has 7 heteroatoms. The van der Waals surface area contributed by atoms with E-state index in [9.17, 15) is 4.80 Å². The van der Waals surface area contributed by atoms with Gasteiger partial charge in [-0.15, -0.1) is 0 Å². The zero-order valence-electron chi connectivity index (χ0n) is 14.9. The molecular formula is C17H26O4Si3. The third kappa shape index (κ3) is 4.73. The molecule has 0 aliphatic rings. The van der Waals surface area contributed by atoms with E-state index >= 15 is 0 Å². The van der Waals surface area contributed by atoms with Gasteiger partial charge in [-0.05, 0) is 36.6 Å². The lowest BCUT2D eigenvalue weighted by Crippen LogP contribution is -2.68. The molecule has 1 N–H and O–H groups in total. The van der Waals surface area contributed by atoms with Crippen LogP contribution in [-0.4, -0.2) is 37.6 Å². The molecule has 2 rings (SSSR count). The lowest BCUT2D eigenvalue weighted by molar-refractivity contribution is 0.274. The summed E-state index contributed by atoms with van der Waals surface area (Å²) in [7, 11) is -6.53. The lowest BCUT2D eigenvalue weighted by atomic mass is 10.4. The Morgan fingerprint density at radius 1 is 0.708 bits per heavy atom. The molecule has 0 fully saturated rings. The number of hydrogen-bond acceptors (Lipinski definition) is 4. The Bertz CT molecular complexity index is 602. The highest BCUT2D eigenvalue weighted by atomic mass is 28.5. The molecule has 0 aliphatic carbocycles. The molecule has 0 saturated heterocycles. The summed E-state index contributed by atoms with van der Waals surface area (Å²) in [5.41, 5.74) is 0. The zero-order chi connectivity index (χ0) is 17.8. The van der Waals surface area contributed by atoms with Gasteiger partial charge in [0.25, 0.3) is 0 Å². The number of hydrogen-bond donors (Lipinski definition) is 1. The maximum atomic E-state index is 10.2. The molecule has 24 heavy (non-hydrogen) atoms. The van der Waals surface area contributed by atoms with Gasteiger partial charge in [-0.1, -0.05) is 60.7 Å². The molecule has 130 valence electrons. The van der Waals surface area contributed by atoms with Crippen LogP contribution in [0.2, 0.25) is 26.2 Å². The van der Waals surface area contributed by atoms with Crippen molar-refractivity contribution in [3.8, 4) is 0 Å². The normalized spacial score (nSPS) is 13.1. The molecule has 4 nitrogen and oxygen atoms in total. The monoisotopic (exact) mass is 378 g/mol. The van der Waals surface area contributed by atoms with Crippen LogP contribution in [-0.2, 0) is 12.7 Å². The lowest BCUT2D eigenvalue weighted by Gasteiger charge is -2.39. The number of benzene rings is 2. The van der Waals surface area contributed by atoms with Crippen molar-refractivity contribution in [3.05, 3.63) is 60.7 Å². The summed E-state index contributed by atoms with van der Waals surface area (Å²) in [4.78, 5) is 10.2. The first-order valence-electron chi connectivity index (χ1n) is 7.97. The van der Waals surface area contributed by atoms with Crippen LogP contribution in [0.1, 0.15) is 0 Å². The third-order valence-corrected chi connectivity index (χ3v) is 13.3. The summed E-state index contributed by atoms with van der Waals surface area (Å²) < 4.78 is 18.7. The Labute approximate surface area is 147 Å². The summed E-state index contributed by atoms with van der Waals surface area (Å²) in [5.74, 6) is 0. The van der Waals surface area contributed by atoms with Gasteiger partial charge in [-0.25, -0.2) is 0 Å². The Hall–Kier alpha value is -1.07. The van der Waals surface area contributed by atoms with Crippen LogP contribution in [0.3, 0.4) is 0 Å². The van der Waals surface area contributed by atoms with E-state index in [1.54, 1.807) is 20.2 Å². The first-order valence-corrected chi connectivity index (χ1v) is 15.5. The van der Waals surface area contributed by atoms with Crippen LogP contribution in [0.25, 0.3) is 0 Å². The molecule has 0 aliphatic heterocycles. The molecule has 0 atom stereocenters. The fourth-order valence-electron chi connectivity index (χ4n) is 2.85. The van der Waals surface area contributed by atoms with Gasteiger partial charge in [0.15, 0.2) is 0 Å². The van der Waals surface area contributed by atoms with Crippen molar-refractivity contribution in [2.45, 2.75) is 26.2 Å². The fourth-order valence-corrected chi connectivity index (χ4v) is 14.3. The largest absolute Gasteiger partial charge is 0.415 e. The first-order chi connectivity index (χ1) is 11.2. The quantitative estimate of drug-likeness (QED) is 0.751. The SMILES string of the molecule is CO[Si](O[Si](C)(C)O[Si](C)(C)O)(c1ccccc1)c1ccccc1. The van der Waals surface area contributed by atoms with Crippen molar-refractivity contribution in [2.75, 3.05) is 7.11 Å². The minimum atomic E-state index is -2.91. The second-order valence-corrected chi connectivity index (χ2v) is 16.7. The first kappa shape index (κ1) is 19.3. The van der Waals surface area contributed by atoms with Gasteiger partial charge in [0.1, 0.15) is 0 Å². The molecule has 0 radical (unpaired) electrons. The van der Waals surface area contributed by atoms with Gasteiger partial charge in [-0.2, -0.15) is 0 Å². The topological polar surface area (TPSA) is 47.9 Å². The molecule has 2 aromatic rings. The molecule has 0 saturated carbocycles. The second kappa shape index (κ2) is 7.44. The summed E-state index contributed by atoms with van der Waals surface area (Å²) in [6.07, 6.45) is 0. The average molecular weight is 379 g/mol. The Morgan fingerprint density at radius 2 is 1.12 bits per heavy atom. The van der Waals surface area contributed by atoms with Crippen LogP contribution < -0.4 is 10.4 Å². The maximum absolute atomic E-state index is 10.2. The van der Waals surface area contributed by atoms with Gasteiger partial charge < -0.3 is 17.5 Å². The Morgan fingerprint density at radius 3 is 1.46 bits per heavy atom. The van der Waals surface area contributed by atoms with E-state index in [2.05, 4.69) is 0 Å². The predicted octanol–water partition coefficient (Wildman–Crippen LogP) is 2.32. The maximum Gasteiger partial charge on any atom is 0.398 e. The van der Waals surface area contributed by atoms with Crippen LogP contribution in [0, 0.1) is 0 Å². The van der Waals surface area contributed by atoms with Crippen LogP contribution in [0.15, 0.2) is 60.7 Å². The van der Waals surface area contributed by atoms with Crippen molar-refractivity contribution < 1.29 is 17.5 Å². The molecule has 0 spiro atoms. The molecule has 0 unspecified atom stereocenters. The summed E-state index contributed by atoms with van der Waals surface area (Å²) >= 11 is 0. The highest BCUT2D eigenvalue weighted by Crippen LogP contribution is 2.20. The van der Waals surface area contributed by atoms with Crippen molar-refractivity contribution in [1.29, 1.82) is 0 Å². The van der Waals surface area contributed by atoms with Crippen molar-refractivity contribution in [1.82, 2.24) is 0 Å². The zero-order valence-corrected chi connectivity index (χ0v) is 17.9. The molecular weight excluding hydrogens is 352 g/mol. The van der Waals surface area contributed by atoms with E-state index in [0.29, 0.717) is 0 Å². The standard InChI is InChI=1S/C17H26O4Si3/c1-19-24(16-12-8-6-9-13-16,17-14-10-7-11-15-17)21-23(4,5)20-22(2,3)18/h6-15,18H,1-5H3. The third-order valence-electron chi connectivity index (χ3n) is 3.48. The van der Waals surface area contributed by atoms with Crippen LogP contribution >= 0.6 is 0 Å². The van der Waals surface area contributed by atoms with E-state index in [1.807, 2.05) is 73.8 Å². The Balaban J connectivity index is 2.51. The minimum Gasteiger partial charge on any atom is -0.415 e. The summed E-state index contributed by atoms with van der Waals surface area (Å²) in [6, 6.07) is 20.1. The summed E-state index contributed by atoms with van der Waals surface area (Å²) in [6.45, 7) is 7.44. The van der Waals surface area contributed by atoms with Crippen molar-refractivity contribution >= 4 is 36.1 Å². The minimum absolute atomic E-state index is 1.03. The smallest absolute Gasteiger partial charge is 0.398 e. The van der Waals surface area contributed by atoms with E-state index in [-0.39, 0.29) is 0 Å². The molecule has 0 amide bonds. The van der Waals surface area contributed by atoms with Gasteiger partial charge in [0, 0.05) is 7.11 Å². The highest BCUT2D eigenvalue weighted by molar-refractivity contribution is 6.98. The van der Waals surface area contributed by atoms with E-state index in [0.717, 1.165) is 10.4 Å². The molecule has 0 bridgehead atoms. The van der Waals surface area contributed by atoms with E-state index < -0.39 is 25.7 Å². The van der Waals surface area contributed by atoms with Crippen molar-refractivity contribution in [2.24, 2.45) is 0 Å². The predicted molar refractivity (Wildman–Crippen MR) is 104 cm³/mol. The van der Waals surface area contributed by atoms with Crippen molar-refractivity contribution in [3.63, 3.8) is 0 Å². The van der Waals surface area contributed by atoms with E-state index in [4.69, 9.17) is 12.7 Å².